The van der Waals surface area contributed by atoms with Crippen molar-refractivity contribution in [3.05, 3.63) is 11.8 Å². The smallest absolute Gasteiger partial charge is 0.407 e. The van der Waals surface area contributed by atoms with Crippen LogP contribution in [0.15, 0.2) is 11.8 Å². The van der Waals surface area contributed by atoms with Gasteiger partial charge in [-0.2, -0.15) is 5.26 Å². The van der Waals surface area contributed by atoms with Crippen LogP contribution in [0.5, 0.6) is 0 Å². The van der Waals surface area contributed by atoms with Crippen LogP contribution >= 0.6 is 0 Å². The van der Waals surface area contributed by atoms with Gasteiger partial charge >= 0.3 is 6.09 Å². The summed E-state index contributed by atoms with van der Waals surface area (Å²) >= 11 is 0. The zero-order valence-corrected chi connectivity index (χ0v) is 13.5. The Morgan fingerprint density at radius 3 is 2.41 bits per heavy atom. The molecule has 2 amide bonds. The van der Waals surface area contributed by atoms with Gasteiger partial charge in [-0.05, 0) is 20.8 Å². The molecule has 0 aromatic rings. The van der Waals surface area contributed by atoms with E-state index in [9.17, 15) is 9.59 Å². The van der Waals surface area contributed by atoms with Crippen LogP contribution in [-0.2, 0) is 14.3 Å². The van der Waals surface area contributed by atoms with Gasteiger partial charge in [0.25, 0.3) is 5.91 Å². The molecule has 0 spiro atoms. The molecule has 0 rings (SSSR count). The standard InChI is InChI=1S/C14H24N4O4/c1-14(2,3)22-13(20)18-6-5-16-10-11(9-15)12(19)17-7-8-21-4/h10,16H,5-8H2,1-4H3,(H,17,19)(H,18,20)/b11-10-. The summed E-state index contributed by atoms with van der Waals surface area (Å²) in [7, 11) is 1.52. The Morgan fingerprint density at radius 2 is 1.86 bits per heavy atom. The Balaban J connectivity index is 4.01. The Hall–Kier alpha value is -2.27. The third-order valence-corrected chi connectivity index (χ3v) is 2.14. The Bertz CT molecular complexity index is 435. The average Bonchev–Trinajstić information content (AvgIpc) is 2.41. The molecular formula is C14H24N4O4. The maximum Gasteiger partial charge on any atom is 0.407 e. The van der Waals surface area contributed by atoms with Crippen molar-refractivity contribution in [2.24, 2.45) is 0 Å². The maximum atomic E-state index is 11.6. The molecule has 0 atom stereocenters. The van der Waals surface area contributed by atoms with Crippen molar-refractivity contribution in [3.63, 3.8) is 0 Å². The summed E-state index contributed by atoms with van der Waals surface area (Å²) < 4.78 is 9.85. The average molecular weight is 312 g/mol. The summed E-state index contributed by atoms with van der Waals surface area (Å²) in [5.74, 6) is -0.479. The molecule has 0 saturated carbocycles. The molecule has 0 heterocycles. The summed E-state index contributed by atoms with van der Waals surface area (Å²) in [6.07, 6.45) is 0.787. The lowest BCUT2D eigenvalue weighted by atomic mass is 10.2. The van der Waals surface area contributed by atoms with Crippen LogP contribution in [0.2, 0.25) is 0 Å². The number of rotatable bonds is 8. The minimum Gasteiger partial charge on any atom is -0.444 e. The molecule has 22 heavy (non-hydrogen) atoms. The van der Waals surface area contributed by atoms with E-state index in [-0.39, 0.29) is 5.57 Å². The Morgan fingerprint density at radius 1 is 1.18 bits per heavy atom. The number of carbonyl (C=O) groups is 2. The monoisotopic (exact) mass is 312 g/mol. The van der Waals surface area contributed by atoms with Crippen LogP contribution in [0.1, 0.15) is 20.8 Å². The van der Waals surface area contributed by atoms with Crippen LogP contribution in [0.25, 0.3) is 0 Å². The molecule has 0 unspecified atom stereocenters. The first-order chi connectivity index (χ1) is 10.3. The number of alkyl carbamates (subject to hydrolysis) is 1. The van der Waals surface area contributed by atoms with Crippen LogP contribution in [-0.4, -0.2) is 51.0 Å². The summed E-state index contributed by atoms with van der Waals surface area (Å²) in [5, 5.41) is 16.7. The van der Waals surface area contributed by atoms with Crippen molar-refractivity contribution in [1.29, 1.82) is 5.26 Å². The normalized spacial score (nSPS) is 11.3. The van der Waals surface area contributed by atoms with Gasteiger partial charge in [-0.15, -0.1) is 0 Å². The maximum absolute atomic E-state index is 11.6. The minimum absolute atomic E-state index is 0.0478. The predicted molar refractivity (Wildman–Crippen MR) is 80.8 cm³/mol. The second-order valence-corrected chi connectivity index (χ2v) is 5.30. The summed E-state index contributed by atoms with van der Waals surface area (Å²) in [6, 6.07) is 1.79. The van der Waals surface area contributed by atoms with E-state index in [1.54, 1.807) is 26.8 Å². The largest absolute Gasteiger partial charge is 0.444 e. The molecule has 8 nitrogen and oxygen atoms in total. The van der Waals surface area contributed by atoms with E-state index in [4.69, 9.17) is 14.7 Å². The Labute approximate surface area is 130 Å². The molecule has 3 N–H and O–H groups in total. The molecule has 0 saturated heterocycles. The first kappa shape index (κ1) is 19.7. The van der Waals surface area contributed by atoms with E-state index >= 15 is 0 Å². The summed E-state index contributed by atoms with van der Waals surface area (Å²) in [6.45, 7) is 6.68. The first-order valence-electron chi connectivity index (χ1n) is 6.88. The lowest BCUT2D eigenvalue weighted by Gasteiger charge is -2.19. The highest BCUT2D eigenvalue weighted by Crippen LogP contribution is 2.05. The number of carbonyl (C=O) groups excluding carboxylic acids is 2. The van der Waals surface area contributed by atoms with E-state index in [1.807, 2.05) is 0 Å². The second-order valence-electron chi connectivity index (χ2n) is 5.30. The summed E-state index contributed by atoms with van der Waals surface area (Å²) in [5.41, 5.74) is -0.598. The highest BCUT2D eigenvalue weighted by molar-refractivity contribution is 5.97. The van der Waals surface area contributed by atoms with Gasteiger partial charge in [-0.1, -0.05) is 0 Å². The molecule has 0 bridgehead atoms. The SMILES string of the molecule is COCCNC(=O)/C(C#N)=C\NCCNC(=O)OC(C)(C)C. The lowest BCUT2D eigenvalue weighted by molar-refractivity contribution is -0.117. The van der Waals surface area contributed by atoms with Crippen molar-refractivity contribution in [2.45, 2.75) is 26.4 Å². The molecule has 0 aliphatic rings. The third-order valence-electron chi connectivity index (χ3n) is 2.14. The highest BCUT2D eigenvalue weighted by Gasteiger charge is 2.15. The van der Waals surface area contributed by atoms with Gasteiger partial charge < -0.3 is 25.4 Å². The molecule has 0 aromatic carbocycles. The zero-order chi connectivity index (χ0) is 17.0. The van der Waals surface area contributed by atoms with Gasteiger partial charge in [-0.25, -0.2) is 4.79 Å². The van der Waals surface area contributed by atoms with Crippen molar-refractivity contribution < 1.29 is 19.1 Å². The fourth-order valence-corrected chi connectivity index (χ4v) is 1.24. The number of nitriles is 1. The predicted octanol–water partition coefficient (Wildman–Crippen LogP) is 0.271. The molecule has 0 aliphatic heterocycles. The first-order valence-corrected chi connectivity index (χ1v) is 6.88. The van der Waals surface area contributed by atoms with E-state index in [0.717, 1.165) is 0 Å². The molecule has 0 radical (unpaired) electrons. The van der Waals surface area contributed by atoms with E-state index < -0.39 is 17.6 Å². The number of nitrogens with one attached hydrogen (secondary N) is 3. The van der Waals surface area contributed by atoms with E-state index in [0.29, 0.717) is 26.2 Å². The van der Waals surface area contributed by atoms with Crippen molar-refractivity contribution >= 4 is 12.0 Å². The summed E-state index contributed by atoms with van der Waals surface area (Å²) in [4.78, 5) is 23.0. The number of amides is 2. The molecule has 8 heteroatoms. The van der Waals surface area contributed by atoms with Crippen LogP contribution in [0, 0.1) is 11.3 Å². The van der Waals surface area contributed by atoms with Gasteiger partial charge in [0.2, 0.25) is 0 Å². The Kier molecular flexibility index (Phi) is 9.38. The third kappa shape index (κ3) is 10.5. The van der Waals surface area contributed by atoms with Gasteiger partial charge in [-0.3, -0.25) is 4.79 Å². The van der Waals surface area contributed by atoms with Crippen LogP contribution < -0.4 is 16.0 Å². The van der Waals surface area contributed by atoms with Crippen molar-refractivity contribution in [1.82, 2.24) is 16.0 Å². The zero-order valence-electron chi connectivity index (χ0n) is 13.5. The number of hydrogen-bond donors (Lipinski definition) is 3. The number of nitrogens with zero attached hydrogens (tertiary/aromatic N) is 1. The fraction of sp³-hybridized carbons (Fsp3) is 0.643. The van der Waals surface area contributed by atoms with Crippen LogP contribution in [0.4, 0.5) is 4.79 Å². The van der Waals surface area contributed by atoms with Crippen LogP contribution in [0.3, 0.4) is 0 Å². The quantitative estimate of drug-likeness (QED) is 0.337. The molecule has 0 aliphatic carbocycles. The van der Waals surface area contributed by atoms with E-state index in [1.165, 1.54) is 13.3 Å². The van der Waals surface area contributed by atoms with Gasteiger partial charge in [0.15, 0.2) is 0 Å². The van der Waals surface area contributed by atoms with Gasteiger partial charge in [0.1, 0.15) is 17.2 Å². The van der Waals surface area contributed by atoms with Gasteiger partial charge in [0, 0.05) is 32.9 Å². The van der Waals surface area contributed by atoms with E-state index in [2.05, 4.69) is 16.0 Å². The lowest BCUT2D eigenvalue weighted by Crippen LogP contribution is -2.36. The van der Waals surface area contributed by atoms with Crippen molar-refractivity contribution in [3.8, 4) is 6.07 Å². The van der Waals surface area contributed by atoms with Gasteiger partial charge in [0.05, 0.1) is 6.61 Å². The fourth-order valence-electron chi connectivity index (χ4n) is 1.24. The highest BCUT2D eigenvalue weighted by atomic mass is 16.6. The molecule has 0 fully saturated rings. The number of methoxy groups -OCH3 is 1. The second kappa shape index (κ2) is 10.5. The van der Waals surface area contributed by atoms with Crippen molar-refractivity contribution in [2.75, 3.05) is 33.4 Å². The molecular weight excluding hydrogens is 288 g/mol. The topological polar surface area (TPSA) is 112 Å². The molecule has 0 aromatic heterocycles. The number of ether oxygens (including phenoxy) is 2. The molecule has 124 valence electrons. The minimum atomic E-state index is -0.550. The number of hydrogen-bond acceptors (Lipinski definition) is 6.